The quantitative estimate of drug-likeness (QED) is 0.548. The number of carboxylic acids is 1. The van der Waals surface area contributed by atoms with Crippen LogP contribution < -0.4 is 16.6 Å². The zero-order valence-corrected chi connectivity index (χ0v) is 18.8. The molecule has 0 saturated heterocycles. The highest BCUT2D eigenvalue weighted by molar-refractivity contribution is 5.95. The van der Waals surface area contributed by atoms with Gasteiger partial charge >= 0.3 is 11.7 Å². The Labute approximate surface area is 193 Å². The molecule has 3 aromatic rings. The van der Waals surface area contributed by atoms with Crippen LogP contribution in [0.4, 0.5) is 8.78 Å². The molecule has 1 amide bonds. The van der Waals surface area contributed by atoms with Gasteiger partial charge in [-0.2, -0.15) is 0 Å². The normalized spacial score (nSPS) is 11.8. The molecule has 10 heteroatoms. The van der Waals surface area contributed by atoms with E-state index in [4.69, 9.17) is 0 Å². The molecule has 3 rings (SSSR count). The van der Waals surface area contributed by atoms with Crippen LogP contribution in [0.25, 0.3) is 11.1 Å². The molecule has 0 spiro atoms. The predicted octanol–water partition coefficient (Wildman–Crippen LogP) is 2.01. The third-order valence-corrected chi connectivity index (χ3v) is 5.73. The van der Waals surface area contributed by atoms with E-state index in [1.807, 2.05) is 0 Å². The molecule has 1 atom stereocenters. The minimum absolute atomic E-state index is 0.0277. The van der Waals surface area contributed by atoms with E-state index in [0.29, 0.717) is 22.4 Å². The lowest BCUT2D eigenvalue weighted by Crippen LogP contribution is -2.39. The van der Waals surface area contributed by atoms with Gasteiger partial charge in [0.2, 0.25) is 0 Å². The summed E-state index contributed by atoms with van der Waals surface area (Å²) < 4.78 is 29.9. The largest absolute Gasteiger partial charge is 0.481 e. The summed E-state index contributed by atoms with van der Waals surface area (Å²) in [7, 11) is 2.95. The number of hydrogen-bond donors (Lipinski definition) is 2. The Kier molecular flexibility index (Phi) is 7.09. The number of carboxylic acid groups (broad SMARTS) is 1. The number of nitrogens with zero attached hydrogens (tertiary/aromatic N) is 2. The van der Waals surface area contributed by atoms with Crippen LogP contribution in [0.2, 0.25) is 0 Å². The first-order valence-electron chi connectivity index (χ1n) is 10.3. The van der Waals surface area contributed by atoms with Crippen molar-refractivity contribution in [3.05, 3.63) is 91.8 Å². The number of amides is 1. The average Bonchev–Trinajstić information content (AvgIpc) is 2.80. The molecule has 0 aliphatic carbocycles. The topological polar surface area (TPSA) is 110 Å². The smallest absolute Gasteiger partial charge is 0.330 e. The number of carbonyl (C=O) groups excluding carboxylic acids is 1. The summed E-state index contributed by atoms with van der Waals surface area (Å²) >= 11 is 0. The zero-order chi connectivity index (χ0) is 25.2. The van der Waals surface area contributed by atoms with E-state index in [1.54, 1.807) is 38.2 Å². The fourth-order valence-corrected chi connectivity index (χ4v) is 3.64. The Morgan fingerprint density at radius 1 is 1.00 bits per heavy atom. The van der Waals surface area contributed by atoms with Gasteiger partial charge in [-0.15, -0.1) is 0 Å². The molecule has 0 saturated carbocycles. The molecule has 0 radical (unpaired) electrons. The summed E-state index contributed by atoms with van der Waals surface area (Å²) in [5, 5.41) is 11.8. The lowest BCUT2D eigenvalue weighted by molar-refractivity contribution is -0.141. The highest BCUT2D eigenvalue weighted by Crippen LogP contribution is 2.20. The van der Waals surface area contributed by atoms with E-state index in [2.05, 4.69) is 5.32 Å². The van der Waals surface area contributed by atoms with E-state index in [1.165, 1.54) is 11.6 Å². The molecule has 0 aliphatic heterocycles. The molecule has 1 unspecified atom stereocenters. The summed E-state index contributed by atoms with van der Waals surface area (Å²) in [6, 6.07) is 9.59. The van der Waals surface area contributed by atoms with Gasteiger partial charge in [0.1, 0.15) is 17.2 Å². The SMILES string of the molecule is Cc1c(-c2ccc(CC(CNC(=O)c3c(F)cccc3F)C(=O)O)cc2)c(=O)n(C)c(=O)n1C. The molecular weight excluding hydrogens is 448 g/mol. The van der Waals surface area contributed by atoms with Crippen LogP contribution in [0.3, 0.4) is 0 Å². The van der Waals surface area contributed by atoms with Crippen LogP contribution in [-0.2, 0) is 25.3 Å². The summed E-state index contributed by atoms with van der Waals surface area (Å²) in [5.74, 6) is -5.38. The van der Waals surface area contributed by atoms with Crippen molar-refractivity contribution < 1.29 is 23.5 Å². The summed E-state index contributed by atoms with van der Waals surface area (Å²) in [6.45, 7) is 1.32. The second kappa shape index (κ2) is 9.82. The number of halogens is 2. The maximum absolute atomic E-state index is 13.8. The van der Waals surface area contributed by atoms with Gasteiger partial charge in [0, 0.05) is 26.3 Å². The average molecular weight is 471 g/mol. The maximum Gasteiger partial charge on any atom is 0.330 e. The van der Waals surface area contributed by atoms with Gasteiger partial charge in [-0.3, -0.25) is 19.0 Å². The molecule has 0 bridgehead atoms. The third kappa shape index (κ3) is 4.80. The van der Waals surface area contributed by atoms with Crippen LogP contribution in [0.1, 0.15) is 21.6 Å². The standard InChI is InChI=1S/C24H23F2N3O5/c1-13-19(22(31)29(3)24(34)28(13)2)15-9-7-14(8-10-15)11-16(23(32)33)12-27-21(30)20-17(25)5-4-6-18(20)26/h4-10,16H,11-12H2,1-3H3,(H,27,30)(H,32,33). The number of hydrogen-bond acceptors (Lipinski definition) is 4. The van der Waals surface area contributed by atoms with Crippen molar-refractivity contribution in [1.29, 1.82) is 0 Å². The first kappa shape index (κ1) is 24.6. The molecule has 1 heterocycles. The highest BCUT2D eigenvalue weighted by Gasteiger charge is 2.22. The second-order valence-corrected chi connectivity index (χ2v) is 7.91. The Morgan fingerprint density at radius 2 is 1.59 bits per heavy atom. The van der Waals surface area contributed by atoms with Crippen molar-refractivity contribution in [2.45, 2.75) is 13.3 Å². The Morgan fingerprint density at radius 3 is 2.15 bits per heavy atom. The fraction of sp³-hybridized carbons (Fsp3) is 0.250. The Balaban J connectivity index is 1.78. The minimum Gasteiger partial charge on any atom is -0.481 e. The van der Waals surface area contributed by atoms with Crippen LogP contribution >= 0.6 is 0 Å². The number of aliphatic carboxylic acids is 1. The molecule has 2 aromatic carbocycles. The lowest BCUT2D eigenvalue weighted by atomic mass is 9.96. The molecule has 0 fully saturated rings. The predicted molar refractivity (Wildman–Crippen MR) is 121 cm³/mol. The Bertz CT molecular complexity index is 1360. The van der Waals surface area contributed by atoms with Gasteiger partial charge in [-0.05, 0) is 36.6 Å². The van der Waals surface area contributed by atoms with Crippen LogP contribution in [0, 0.1) is 24.5 Å². The maximum atomic E-state index is 13.8. The van der Waals surface area contributed by atoms with Crippen LogP contribution in [0.5, 0.6) is 0 Å². The molecule has 2 N–H and O–H groups in total. The minimum atomic E-state index is -1.19. The van der Waals surface area contributed by atoms with Crippen molar-refractivity contribution in [1.82, 2.24) is 14.5 Å². The monoisotopic (exact) mass is 471 g/mol. The Hall–Kier alpha value is -4.08. The van der Waals surface area contributed by atoms with Crippen molar-refractivity contribution >= 4 is 11.9 Å². The van der Waals surface area contributed by atoms with Gasteiger partial charge in [0.25, 0.3) is 11.5 Å². The van der Waals surface area contributed by atoms with Gasteiger partial charge in [0.05, 0.1) is 11.5 Å². The first-order valence-corrected chi connectivity index (χ1v) is 10.3. The van der Waals surface area contributed by atoms with Crippen LogP contribution in [0.15, 0.2) is 52.1 Å². The number of rotatable bonds is 7. The first-order chi connectivity index (χ1) is 16.0. The number of aromatic nitrogens is 2. The van der Waals surface area contributed by atoms with E-state index in [-0.39, 0.29) is 13.0 Å². The van der Waals surface area contributed by atoms with E-state index in [9.17, 15) is 33.1 Å². The number of nitrogens with one attached hydrogen (secondary N) is 1. The third-order valence-electron chi connectivity index (χ3n) is 5.73. The summed E-state index contributed by atoms with van der Waals surface area (Å²) in [4.78, 5) is 48.5. The van der Waals surface area contributed by atoms with Gasteiger partial charge in [0.15, 0.2) is 0 Å². The van der Waals surface area contributed by atoms with Crippen molar-refractivity contribution in [2.75, 3.05) is 6.54 Å². The number of benzene rings is 2. The van der Waals surface area contributed by atoms with Gasteiger partial charge in [-0.1, -0.05) is 30.3 Å². The summed E-state index contributed by atoms with van der Waals surface area (Å²) in [6.07, 6.45) is 0.0277. The lowest BCUT2D eigenvalue weighted by Gasteiger charge is -2.15. The molecule has 0 aliphatic rings. The van der Waals surface area contributed by atoms with Crippen molar-refractivity contribution in [3.63, 3.8) is 0 Å². The van der Waals surface area contributed by atoms with E-state index < -0.39 is 46.2 Å². The second-order valence-electron chi connectivity index (χ2n) is 7.91. The zero-order valence-electron chi connectivity index (χ0n) is 18.8. The fourth-order valence-electron chi connectivity index (χ4n) is 3.64. The van der Waals surface area contributed by atoms with Crippen LogP contribution in [-0.4, -0.2) is 32.7 Å². The molecule has 8 nitrogen and oxygen atoms in total. The van der Waals surface area contributed by atoms with Gasteiger partial charge in [-0.25, -0.2) is 13.6 Å². The van der Waals surface area contributed by atoms with E-state index in [0.717, 1.165) is 22.8 Å². The van der Waals surface area contributed by atoms with E-state index >= 15 is 0 Å². The van der Waals surface area contributed by atoms with Gasteiger partial charge < -0.3 is 15.0 Å². The molecule has 1 aromatic heterocycles. The molecular formula is C24H23F2N3O5. The highest BCUT2D eigenvalue weighted by atomic mass is 19.1. The molecule has 34 heavy (non-hydrogen) atoms. The van der Waals surface area contributed by atoms with Crippen molar-refractivity contribution in [2.24, 2.45) is 20.0 Å². The number of carbonyl (C=O) groups is 2. The van der Waals surface area contributed by atoms with Crippen molar-refractivity contribution in [3.8, 4) is 11.1 Å². The molecule has 178 valence electrons. The summed E-state index contributed by atoms with van der Waals surface area (Å²) in [5.41, 5.74) is 0.362.